The first kappa shape index (κ1) is 12.8. The van der Waals surface area contributed by atoms with E-state index < -0.39 is 0 Å². The smallest absolute Gasteiger partial charge is 0.270 e. The van der Waals surface area contributed by atoms with E-state index in [9.17, 15) is 14.4 Å². The van der Waals surface area contributed by atoms with E-state index in [4.69, 9.17) is 0 Å². The zero-order valence-electron chi connectivity index (χ0n) is 10.6. The van der Waals surface area contributed by atoms with E-state index in [1.54, 1.807) is 16.8 Å². The molecule has 0 aromatic carbocycles. The molecule has 2 rings (SSSR count). The fourth-order valence-electron chi connectivity index (χ4n) is 2.35. The normalized spacial score (nSPS) is 19.7. The van der Waals surface area contributed by atoms with Crippen LogP contribution in [-0.4, -0.2) is 54.5 Å². The van der Waals surface area contributed by atoms with Gasteiger partial charge in [0.15, 0.2) is 0 Å². The van der Waals surface area contributed by atoms with Crippen LogP contribution in [0.25, 0.3) is 0 Å². The van der Waals surface area contributed by atoms with E-state index in [2.05, 4.69) is 0 Å². The van der Waals surface area contributed by atoms with Crippen LogP contribution in [0.15, 0.2) is 11.3 Å². The van der Waals surface area contributed by atoms with Crippen LogP contribution >= 0.6 is 0 Å². The average Bonchev–Trinajstić information content (AvgIpc) is 3.21. The maximum atomic E-state index is 12.4. The van der Waals surface area contributed by atoms with Crippen molar-refractivity contribution >= 4 is 18.5 Å². The number of aldehydes is 2. The molecule has 0 unspecified atom stereocenters. The van der Waals surface area contributed by atoms with E-state index in [0.29, 0.717) is 30.3 Å². The lowest BCUT2D eigenvalue weighted by atomic mass is 10.0. The summed E-state index contributed by atoms with van der Waals surface area (Å²) in [6, 6.07) is 0.304. The second-order valence-corrected chi connectivity index (χ2v) is 4.86. The largest absolute Gasteiger partial charge is 0.360 e. The van der Waals surface area contributed by atoms with Gasteiger partial charge in [0.2, 0.25) is 0 Å². The van der Waals surface area contributed by atoms with Crippen molar-refractivity contribution in [3.63, 3.8) is 0 Å². The van der Waals surface area contributed by atoms with Gasteiger partial charge in [-0.25, -0.2) is 0 Å². The maximum Gasteiger partial charge on any atom is 0.270 e. The molecule has 1 fully saturated rings. The third-order valence-electron chi connectivity index (χ3n) is 3.55. The lowest BCUT2D eigenvalue weighted by Crippen LogP contribution is -2.41. The summed E-state index contributed by atoms with van der Waals surface area (Å²) in [5, 5.41) is 0. The second kappa shape index (κ2) is 5.33. The Hall–Kier alpha value is -1.65. The molecular formula is C13H18N2O3. The van der Waals surface area contributed by atoms with E-state index in [1.807, 2.05) is 0 Å². The summed E-state index contributed by atoms with van der Waals surface area (Å²) in [5.41, 5.74) is 0.957. The Balaban J connectivity index is 2.26. The van der Waals surface area contributed by atoms with E-state index >= 15 is 0 Å². The summed E-state index contributed by atoms with van der Waals surface area (Å²) in [6.07, 6.45) is 5.02. The third kappa shape index (κ3) is 2.44. The molecule has 0 aromatic rings. The molecule has 2 aliphatic rings. The first-order chi connectivity index (χ1) is 8.69. The molecule has 1 saturated carbocycles. The molecule has 0 atom stereocenters. The molecule has 5 heteroatoms. The van der Waals surface area contributed by atoms with Gasteiger partial charge in [0.25, 0.3) is 5.91 Å². The Morgan fingerprint density at radius 1 is 1.44 bits per heavy atom. The summed E-state index contributed by atoms with van der Waals surface area (Å²) in [7, 11) is 1.77. The minimum Gasteiger partial charge on any atom is -0.360 e. The summed E-state index contributed by atoms with van der Waals surface area (Å²) in [6.45, 7) is 0.840. The van der Waals surface area contributed by atoms with Gasteiger partial charge in [0, 0.05) is 25.2 Å². The molecular weight excluding hydrogens is 232 g/mol. The lowest BCUT2D eigenvalue weighted by molar-refractivity contribution is -0.128. The highest BCUT2D eigenvalue weighted by atomic mass is 16.2. The monoisotopic (exact) mass is 250 g/mol. The maximum absolute atomic E-state index is 12.4. The number of allylic oxidation sites excluding steroid dienone is 1. The zero-order chi connectivity index (χ0) is 13.1. The predicted octanol–water partition coefficient (Wildman–Crippen LogP) is 0.355. The summed E-state index contributed by atoms with van der Waals surface area (Å²) in [5.74, 6) is -0.124. The molecule has 0 bridgehead atoms. The molecule has 0 aromatic heterocycles. The Labute approximate surface area is 106 Å². The van der Waals surface area contributed by atoms with Crippen molar-refractivity contribution in [2.45, 2.75) is 31.7 Å². The summed E-state index contributed by atoms with van der Waals surface area (Å²) in [4.78, 5) is 37.6. The standard InChI is InChI=1S/C13H18N2O3/c1-14(11-4-5-11)13(18)12-10(9-17)3-2-6-15(12)7-8-16/h8-9,11H,2-7H2,1H3. The zero-order valence-corrected chi connectivity index (χ0v) is 10.6. The van der Waals surface area contributed by atoms with Crippen LogP contribution in [0.3, 0.4) is 0 Å². The van der Waals surface area contributed by atoms with Crippen molar-refractivity contribution in [1.29, 1.82) is 0 Å². The van der Waals surface area contributed by atoms with Crippen LogP contribution in [-0.2, 0) is 14.4 Å². The number of hydrogen-bond donors (Lipinski definition) is 0. The molecule has 0 spiro atoms. The van der Waals surface area contributed by atoms with Crippen LogP contribution in [0.4, 0.5) is 0 Å². The molecule has 18 heavy (non-hydrogen) atoms. The molecule has 1 heterocycles. The predicted molar refractivity (Wildman–Crippen MR) is 65.8 cm³/mol. The highest BCUT2D eigenvalue weighted by Crippen LogP contribution is 2.29. The highest BCUT2D eigenvalue weighted by molar-refractivity contribution is 5.99. The Kier molecular flexibility index (Phi) is 3.79. The molecule has 98 valence electrons. The van der Waals surface area contributed by atoms with Gasteiger partial charge < -0.3 is 14.6 Å². The molecule has 5 nitrogen and oxygen atoms in total. The molecule has 0 N–H and O–H groups in total. The minimum atomic E-state index is -0.124. The molecule has 0 radical (unpaired) electrons. The fourth-order valence-corrected chi connectivity index (χ4v) is 2.35. The van der Waals surface area contributed by atoms with E-state index in [1.165, 1.54) is 0 Å². The van der Waals surface area contributed by atoms with Gasteiger partial charge in [0.05, 0.1) is 6.54 Å². The summed E-state index contributed by atoms with van der Waals surface area (Å²) >= 11 is 0. The van der Waals surface area contributed by atoms with Crippen molar-refractivity contribution in [3.05, 3.63) is 11.3 Å². The summed E-state index contributed by atoms with van der Waals surface area (Å²) < 4.78 is 0. The third-order valence-corrected chi connectivity index (χ3v) is 3.55. The quantitative estimate of drug-likeness (QED) is 0.661. The number of nitrogens with zero attached hydrogens (tertiary/aromatic N) is 2. The first-order valence-corrected chi connectivity index (χ1v) is 6.33. The van der Waals surface area contributed by atoms with Gasteiger partial charge in [-0.1, -0.05) is 0 Å². The van der Waals surface area contributed by atoms with Crippen molar-refractivity contribution in [3.8, 4) is 0 Å². The van der Waals surface area contributed by atoms with Gasteiger partial charge >= 0.3 is 0 Å². The first-order valence-electron chi connectivity index (χ1n) is 6.33. The number of rotatable bonds is 5. The molecule has 1 amide bonds. The van der Waals surface area contributed by atoms with Gasteiger partial charge in [-0.05, 0) is 25.7 Å². The van der Waals surface area contributed by atoms with Crippen LogP contribution in [0.5, 0.6) is 0 Å². The number of amides is 1. The number of hydrogen-bond acceptors (Lipinski definition) is 4. The SMILES string of the molecule is CN(C(=O)C1=C(C=O)CCCN1CC=O)C1CC1. The molecule has 0 saturated heterocycles. The van der Waals surface area contributed by atoms with Gasteiger partial charge in [-0.2, -0.15) is 0 Å². The van der Waals surface area contributed by atoms with Crippen molar-refractivity contribution < 1.29 is 14.4 Å². The highest BCUT2D eigenvalue weighted by Gasteiger charge is 2.34. The van der Waals surface area contributed by atoms with Crippen LogP contribution < -0.4 is 0 Å². The lowest BCUT2D eigenvalue weighted by Gasteiger charge is -2.32. The van der Waals surface area contributed by atoms with Crippen LogP contribution in [0.1, 0.15) is 25.7 Å². The van der Waals surface area contributed by atoms with Crippen LogP contribution in [0, 0.1) is 0 Å². The fraction of sp³-hybridized carbons (Fsp3) is 0.615. The van der Waals surface area contributed by atoms with Crippen molar-refractivity contribution in [1.82, 2.24) is 9.80 Å². The molecule has 1 aliphatic heterocycles. The van der Waals surface area contributed by atoms with Gasteiger partial charge in [-0.15, -0.1) is 0 Å². The van der Waals surface area contributed by atoms with E-state index in [0.717, 1.165) is 31.8 Å². The van der Waals surface area contributed by atoms with Crippen molar-refractivity contribution in [2.24, 2.45) is 0 Å². The topological polar surface area (TPSA) is 57.7 Å². The second-order valence-electron chi connectivity index (χ2n) is 4.86. The Bertz CT molecular complexity index is 399. The number of carbonyl (C=O) groups is 3. The Morgan fingerprint density at radius 3 is 2.72 bits per heavy atom. The average molecular weight is 250 g/mol. The Morgan fingerprint density at radius 2 is 2.17 bits per heavy atom. The number of carbonyl (C=O) groups excluding carboxylic acids is 3. The number of likely N-dealkylation sites (N-methyl/N-ethyl adjacent to an activating group) is 1. The van der Waals surface area contributed by atoms with Gasteiger partial charge in [-0.3, -0.25) is 9.59 Å². The minimum absolute atomic E-state index is 0.124. The van der Waals surface area contributed by atoms with Crippen LogP contribution in [0.2, 0.25) is 0 Å². The molecule has 1 aliphatic carbocycles. The van der Waals surface area contributed by atoms with E-state index in [-0.39, 0.29) is 12.5 Å². The van der Waals surface area contributed by atoms with Crippen molar-refractivity contribution in [2.75, 3.05) is 20.1 Å². The van der Waals surface area contributed by atoms with Gasteiger partial charge in [0.1, 0.15) is 18.3 Å².